The van der Waals surface area contributed by atoms with E-state index in [4.69, 9.17) is 0 Å². The molecule has 2 heterocycles. The minimum atomic E-state index is -0.288. The Morgan fingerprint density at radius 3 is 2.94 bits per heavy atom. The van der Waals surface area contributed by atoms with E-state index in [1.807, 2.05) is 0 Å². The number of hydrogen-bond donors (Lipinski definition) is 2. The van der Waals surface area contributed by atoms with Crippen molar-refractivity contribution in [2.24, 2.45) is 5.41 Å². The normalized spacial score (nSPS) is 23.0. The van der Waals surface area contributed by atoms with Crippen LogP contribution in [0.3, 0.4) is 0 Å². The zero-order chi connectivity index (χ0) is 13.0. The van der Waals surface area contributed by atoms with Crippen LogP contribution >= 0.6 is 15.9 Å². The molecule has 0 saturated carbocycles. The summed E-state index contributed by atoms with van der Waals surface area (Å²) in [6.45, 7) is 3.75. The summed E-state index contributed by atoms with van der Waals surface area (Å²) in [7, 11) is 0. The van der Waals surface area contributed by atoms with Crippen LogP contribution in [-0.4, -0.2) is 29.0 Å². The van der Waals surface area contributed by atoms with Crippen molar-refractivity contribution in [2.75, 3.05) is 18.4 Å². The lowest BCUT2D eigenvalue weighted by atomic mass is 9.81. The highest BCUT2D eigenvalue weighted by Crippen LogP contribution is 2.32. The number of anilines is 1. The van der Waals surface area contributed by atoms with Crippen molar-refractivity contribution < 1.29 is 4.79 Å². The fraction of sp³-hybridized carbons (Fsp3) is 0.583. The van der Waals surface area contributed by atoms with Crippen molar-refractivity contribution in [2.45, 2.75) is 26.2 Å². The van der Waals surface area contributed by atoms with Gasteiger partial charge in [0.1, 0.15) is 4.60 Å². The molecule has 1 saturated heterocycles. The third kappa shape index (κ3) is 2.87. The molecule has 18 heavy (non-hydrogen) atoms. The lowest BCUT2D eigenvalue weighted by Crippen LogP contribution is -2.38. The largest absolute Gasteiger partial charge is 0.316 e. The summed E-state index contributed by atoms with van der Waals surface area (Å²) < 4.78 is 0.659. The molecule has 0 radical (unpaired) electrons. The van der Waals surface area contributed by atoms with E-state index in [-0.39, 0.29) is 11.3 Å². The van der Waals surface area contributed by atoms with Crippen molar-refractivity contribution in [1.29, 1.82) is 0 Å². The Hall–Kier alpha value is -1.01. The first-order valence-electron chi connectivity index (χ1n) is 6.16. The van der Waals surface area contributed by atoms with Crippen LogP contribution in [0.25, 0.3) is 0 Å². The summed E-state index contributed by atoms with van der Waals surface area (Å²) in [5, 5.41) is 6.13. The van der Waals surface area contributed by atoms with Crippen LogP contribution in [0, 0.1) is 5.41 Å². The lowest BCUT2D eigenvalue weighted by molar-refractivity contribution is -0.125. The molecule has 0 aliphatic carbocycles. The summed E-state index contributed by atoms with van der Waals surface area (Å²) in [6, 6.07) is 0. The van der Waals surface area contributed by atoms with Gasteiger partial charge in [-0.2, -0.15) is 0 Å². The Morgan fingerprint density at radius 2 is 2.39 bits per heavy atom. The van der Waals surface area contributed by atoms with Gasteiger partial charge in [0.25, 0.3) is 0 Å². The average Bonchev–Trinajstić information content (AvgIpc) is 2.82. The summed E-state index contributed by atoms with van der Waals surface area (Å²) in [6.07, 6.45) is 5.92. The van der Waals surface area contributed by atoms with E-state index in [1.54, 1.807) is 12.4 Å². The molecule has 2 N–H and O–H groups in total. The number of rotatable bonds is 4. The first-order chi connectivity index (χ1) is 8.66. The molecule has 2 rings (SSSR count). The van der Waals surface area contributed by atoms with Crippen LogP contribution in [0.5, 0.6) is 0 Å². The lowest BCUT2D eigenvalue weighted by Gasteiger charge is -2.26. The topological polar surface area (TPSA) is 66.9 Å². The molecule has 98 valence electrons. The Labute approximate surface area is 115 Å². The first-order valence-corrected chi connectivity index (χ1v) is 6.95. The predicted octanol–water partition coefficient (Wildman–Crippen LogP) is 1.96. The maximum absolute atomic E-state index is 12.4. The van der Waals surface area contributed by atoms with E-state index in [0.717, 1.165) is 32.4 Å². The minimum Gasteiger partial charge on any atom is -0.316 e. The van der Waals surface area contributed by atoms with E-state index in [9.17, 15) is 4.79 Å². The number of amides is 1. The quantitative estimate of drug-likeness (QED) is 0.892. The van der Waals surface area contributed by atoms with Gasteiger partial charge in [-0.15, -0.1) is 0 Å². The van der Waals surface area contributed by atoms with Crippen LogP contribution in [0.15, 0.2) is 17.0 Å². The highest BCUT2D eigenvalue weighted by molar-refractivity contribution is 9.10. The van der Waals surface area contributed by atoms with Gasteiger partial charge in [0.15, 0.2) is 5.82 Å². The van der Waals surface area contributed by atoms with Crippen molar-refractivity contribution in [3.63, 3.8) is 0 Å². The number of carbonyl (C=O) groups is 1. The smallest absolute Gasteiger partial charge is 0.233 e. The van der Waals surface area contributed by atoms with E-state index in [1.165, 1.54) is 0 Å². The van der Waals surface area contributed by atoms with Gasteiger partial charge < -0.3 is 10.6 Å². The Morgan fingerprint density at radius 1 is 1.56 bits per heavy atom. The second-order valence-corrected chi connectivity index (χ2v) is 5.45. The fourth-order valence-corrected chi connectivity index (χ4v) is 2.57. The van der Waals surface area contributed by atoms with Crippen molar-refractivity contribution >= 4 is 27.7 Å². The van der Waals surface area contributed by atoms with Crippen LogP contribution in [0.2, 0.25) is 0 Å². The third-order valence-electron chi connectivity index (χ3n) is 3.32. The van der Waals surface area contributed by atoms with Crippen LogP contribution < -0.4 is 10.6 Å². The van der Waals surface area contributed by atoms with Crippen molar-refractivity contribution in [3.05, 3.63) is 17.0 Å². The number of nitrogens with zero attached hydrogens (tertiary/aromatic N) is 2. The number of halogens is 1. The molecule has 0 aromatic carbocycles. The number of hydrogen-bond acceptors (Lipinski definition) is 4. The molecular formula is C12H17BrN4O. The first kappa shape index (κ1) is 13.4. The molecule has 1 unspecified atom stereocenters. The van der Waals surface area contributed by atoms with Gasteiger partial charge in [0.05, 0.1) is 17.8 Å². The van der Waals surface area contributed by atoms with E-state index < -0.39 is 0 Å². The van der Waals surface area contributed by atoms with Gasteiger partial charge in [0.2, 0.25) is 5.91 Å². The highest BCUT2D eigenvalue weighted by atomic mass is 79.9. The second-order valence-electron chi connectivity index (χ2n) is 4.64. The van der Waals surface area contributed by atoms with Gasteiger partial charge >= 0.3 is 0 Å². The molecule has 6 heteroatoms. The summed E-state index contributed by atoms with van der Waals surface area (Å²) >= 11 is 3.22. The standard InChI is InChI=1S/C12H17BrN4O/c1-2-3-12(4-5-14-8-12)11(18)17-10-7-15-9(13)6-16-10/h6-7,14H,2-5,8H2,1H3,(H,16,17,18). The molecule has 1 aromatic rings. The number of nitrogens with one attached hydrogen (secondary N) is 2. The van der Waals surface area contributed by atoms with Crippen LogP contribution in [0.4, 0.5) is 5.82 Å². The monoisotopic (exact) mass is 312 g/mol. The molecule has 5 nitrogen and oxygen atoms in total. The highest BCUT2D eigenvalue weighted by Gasteiger charge is 2.40. The zero-order valence-electron chi connectivity index (χ0n) is 10.4. The number of carbonyl (C=O) groups excluding carboxylic acids is 1. The van der Waals surface area contributed by atoms with Gasteiger partial charge in [0, 0.05) is 6.54 Å². The Bertz CT molecular complexity index is 415. The summed E-state index contributed by atoms with van der Waals surface area (Å²) in [5.41, 5.74) is -0.288. The van der Waals surface area contributed by atoms with Gasteiger partial charge in [-0.25, -0.2) is 9.97 Å². The third-order valence-corrected chi connectivity index (χ3v) is 3.73. The van der Waals surface area contributed by atoms with Gasteiger partial charge in [-0.05, 0) is 35.3 Å². The minimum absolute atomic E-state index is 0.0472. The molecule has 1 aliphatic heterocycles. The maximum Gasteiger partial charge on any atom is 0.233 e. The molecule has 1 aliphatic rings. The molecular weight excluding hydrogens is 296 g/mol. The zero-order valence-corrected chi connectivity index (χ0v) is 12.0. The van der Waals surface area contributed by atoms with Gasteiger partial charge in [-0.3, -0.25) is 4.79 Å². The molecule has 0 bridgehead atoms. The van der Waals surface area contributed by atoms with Crippen LogP contribution in [0.1, 0.15) is 26.2 Å². The average molecular weight is 313 g/mol. The Kier molecular flexibility index (Phi) is 4.29. The predicted molar refractivity (Wildman–Crippen MR) is 73.2 cm³/mol. The van der Waals surface area contributed by atoms with E-state index in [2.05, 4.69) is 43.5 Å². The van der Waals surface area contributed by atoms with Crippen molar-refractivity contribution in [3.8, 4) is 0 Å². The SMILES string of the molecule is CCCC1(C(=O)Nc2cnc(Br)cn2)CCNC1. The molecule has 1 fully saturated rings. The molecule has 1 atom stereocenters. The van der Waals surface area contributed by atoms with Crippen LogP contribution in [-0.2, 0) is 4.79 Å². The van der Waals surface area contributed by atoms with E-state index in [0.29, 0.717) is 10.4 Å². The van der Waals surface area contributed by atoms with E-state index >= 15 is 0 Å². The fourth-order valence-electron chi connectivity index (χ4n) is 2.37. The molecule has 1 aromatic heterocycles. The maximum atomic E-state index is 12.4. The molecule has 0 spiro atoms. The summed E-state index contributed by atoms with van der Waals surface area (Å²) in [5.74, 6) is 0.552. The Balaban J connectivity index is 2.07. The number of aromatic nitrogens is 2. The van der Waals surface area contributed by atoms with Crippen molar-refractivity contribution in [1.82, 2.24) is 15.3 Å². The van der Waals surface area contributed by atoms with Gasteiger partial charge in [-0.1, -0.05) is 13.3 Å². The second kappa shape index (κ2) is 5.75. The molecule has 1 amide bonds. The summed E-state index contributed by atoms with van der Waals surface area (Å²) in [4.78, 5) is 20.6.